The van der Waals surface area contributed by atoms with Gasteiger partial charge in [0.15, 0.2) is 0 Å². The first-order valence-electron chi connectivity index (χ1n) is 10.7. The normalized spacial score (nSPS) is 14.1. The van der Waals surface area contributed by atoms with Gasteiger partial charge in [0.05, 0.1) is 17.7 Å². The lowest BCUT2D eigenvalue weighted by Crippen LogP contribution is -2.48. The molecule has 1 amide bonds. The number of ether oxygens (including phenoxy) is 1. The monoisotopic (exact) mass is 465 g/mol. The summed E-state index contributed by atoms with van der Waals surface area (Å²) in [7, 11) is -2.08. The van der Waals surface area contributed by atoms with Crippen LogP contribution in [0.4, 0.5) is 11.4 Å². The topological polar surface area (TPSA) is 79.0 Å². The summed E-state index contributed by atoms with van der Waals surface area (Å²) in [4.78, 5) is 17.3. The second-order valence-electron chi connectivity index (χ2n) is 7.95. The maximum Gasteiger partial charge on any atom is 0.261 e. The van der Waals surface area contributed by atoms with E-state index in [4.69, 9.17) is 4.74 Å². The van der Waals surface area contributed by atoms with Crippen molar-refractivity contribution < 1.29 is 17.9 Å². The standard InChI is InChI=1S/C25H27N3O4S/c1-19-10-12-22(13-11-19)33(30,31)26-21-7-5-6-20(18-21)25(29)28-16-14-27(15-17-28)23-8-3-4-9-24(23)32-2/h3-13,18,26H,14-17H2,1-2H3. The predicted molar refractivity (Wildman–Crippen MR) is 130 cm³/mol. The summed E-state index contributed by atoms with van der Waals surface area (Å²) in [5, 5.41) is 0. The number of aryl methyl sites for hydroxylation is 1. The molecule has 0 unspecified atom stereocenters. The van der Waals surface area contributed by atoms with Crippen molar-refractivity contribution >= 4 is 27.3 Å². The molecule has 1 N–H and O–H groups in total. The van der Waals surface area contributed by atoms with Gasteiger partial charge in [0.25, 0.3) is 15.9 Å². The van der Waals surface area contributed by atoms with Gasteiger partial charge in [-0.25, -0.2) is 8.42 Å². The first-order valence-corrected chi connectivity index (χ1v) is 12.2. The minimum atomic E-state index is -3.74. The van der Waals surface area contributed by atoms with Crippen LogP contribution in [-0.4, -0.2) is 52.5 Å². The van der Waals surface area contributed by atoms with Gasteiger partial charge in [-0.15, -0.1) is 0 Å². The molecule has 0 radical (unpaired) electrons. The Morgan fingerprint density at radius 3 is 2.30 bits per heavy atom. The molecule has 0 bridgehead atoms. The number of rotatable bonds is 6. The van der Waals surface area contributed by atoms with Gasteiger partial charge >= 0.3 is 0 Å². The van der Waals surface area contributed by atoms with Gasteiger partial charge in [-0.2, -0.15) is 0 Å². The molecule has 4 rings (SSSR count). The number of carbonyl (C=O) groups is 1. The van der Waals surface area contributed by atoms with Gasteiger partial charge in [-0.3, -0.25) is 9.52 Å². The molecule has 3 aromatic carbocycles. The number of nitrogens with zero attached hydrogens (tertiary/aromatic N) is 2. The number of hydrogen-bond donors (Lipinski definition) is 1. The number of amides is 1. The molecule has 0 spiro atoms. The van der Waals surface area contributed by atoms with Gasteiger partial charge < -0.3 is 14.5 Å². The minimum absolute atomic E-state index is 0.119. The van der Waals surface area contributed by atoms with Crippen molar-refractivity contribution in [2.24, 2.45) is 0 Å². The van der Waals surface area contributed by atoms with E-state index in [1.165, 1.54) is 0 Å². The van der Waals surface area contributed by atoms with Crippen molar-refractivity contribution in [1.82, 2.24) is 4.90 Å². The molecule has 33 heavy (non-hydrogen) atoms. The van der Waals surface area contributed by atoms with E-state index >= 15 is 0 Å². The van der Waals surface area contributed by atoms with Gasteiger partial charge in [0.1, 0.15) is 5.75 Å². The molecule has 0 aliphatic carbocycles. The summed E-state index contributed by atoms with van der Waals surface area (Å²) in [5.41, 5.74) is 2.80. The number of piperazine rings is 1. The third-order valence-electron chi connectivity index (χ3n) is 5.69. The van der Waals surface area contributed by atoms with Crippen LogP contribution in [0.5, 0.6) is 5.75 Å². The first kappa shape index (κ1) is 22.7. The fraction of sp³-hybridized carbons (Fsp3) is 0.240. The Bertz CT molecular complexity index is 1230. The maximum absolute atomic E-state index is 13.1. The molecule has 1 fully saturated rings. The fourth-order valence-corrected chi connectivity index (χ4v) is 4.92. The van der Waals surface area contributed by atoms with E-state index in [2.05, 4.69) is 9.62 Å². The summed E-state index contributed by atoms with van der Waals surface area (Å²) in [6.07, 6.45) is 0. The largest absolute Gasteiger partial charge is 0.495 e. The van der Waals surface area contributed by atoms with Crippen molar-refractivity contribution in [2.75, 3.05) is 42.9 Å². The summed E-state index contributed by atoms with van der Waals surface area (Å²) in [6, 6.07) is 21.1. The fourth-order valence-electron chi connectivity index (χ4n) is 3.87. The van der Waals surface area contributed by atoms with Crippen LogP contribution in [0.25, 0.3) is 0 Å². The van der Waals surface area contributed by atoms with E-state index in [0.717, 1.165) is 17.0 Å². The lowest BCUT2D eigenvalue weighted by atomic mass is 10.1. The number of methoxy groups -OCH3 is 1. The highest BCUT2D eigenvalue weighted by Crippen LogP contribution is 2.28. The zero-order valence-corrected chi connectivity index (χ0v) is 19.5. The Morgan fingerprint density at radius 1 is 0.909 bits per heavy atom. The van der Waals surface area contributed by atoms with Gasteiger partial charge in [-0.1, -0.05) is 35.9 Å². The average molecular weight is 466 g/mol. The smallest absolute Gasteiger partial charge is 0.261 e. The van der Waals surface area contributed by atoms with E-state index in [1.54, 1.807) is 60.5 Å². The number of carbonyl (C=O) groups excluding carboxylic acids is 1. The Hall–Kier alpha value is -3.52. The van der Waals surface area contributed by atoms with Crippen LogP contribution in [0, 0.1) is 6.92 Å². The van der Waals surface area contributed by atoms with Crippen molar-refractivity contribution in [3.8, 4) is 5.75 Å². The van der Waals surface area contributed by atoms with E-state index < -0.39 is 10.0 Å². The highest BCUT2D eigenvalue weighted by molar-refractivity contribution is 7.92. The predicted octanol–water partition coefficient (Wildman–Crippen LogP) is 3.77. The summed E-state index contributed by atoms with van der Waals surface area (Å²) >= 11 is 0. The zero-order valence-electron chi connectivity index (χ0n) is 18.7. The van der Waals surface area contributed by atoms with Crippen LogP contribution >= 0.6 is 0 Å². The van der Waals surface area contributed by atoms with E-state index in [9.17, 15) is 13.2 Å². The second kappa shape index (κ2) is 9.54. The summed E-state index contributed by atoms with van der Waals surface area (Å²) < 4.78 is 33.4. The number of benzene rings is 3. The molecule has 0 atom stereocenters. The van der Waals surface area contributed by atoms with Crippen LogP contribution in [0.1, 0.15) is 15.9 Å². The molecule has 3 aromatic rings. The Morgan fingerprint density at radius 2 is 1.61 bits per heavy atom. The molecule has 1 aliphatic heterocycles. The lowest BCUT2D eigenvalue weighted by Gasteiger charge is -2.36. The van der Waals surface area contributed by atoms with Crippen LogP contribution in [0.2, 0.25) is 0 Å². The SMILES string of the molecule is COc1ccccc1N1CCN(C(=O)c2cccc(NS(=O)(=O)c3ccc(C)cc3)c2)CC1. The highest BCUT2D eigenvalue weighted by Gasteiger charge is 2.24. The molecule has 8 heteroatoms. The Labute approximate surface area is 194 Å². The maximum atomic E-state index is 13.1. The first-order chi connectivity index (χ1) is 15.9. The van der Waals surface area contributed by atoms with Gasteiger partial charge in [0.2, 0.25) is 0 Å². The van der Waals surface area contributed by atoms with Crippen molar-refractivity contribution in [3.63, 3.8) is 0 Å². The van der Waals surface area contributed by atoms with Gasteiger partial charge in [0, 0.05) is 37.4 Å². The summed E-state index contributed by atoms with van der Waals surface area (Å²) in [5.74, 6) is 0.692. The van der Waals surface area contributed by atoms with Crippen LogP contribution in [0.15, 0.2) is 77.7 Å². The molecule has 0 saturated carbocycles. The molecule has 1 saturated heterocycles. The highest BCUT2D eigenvalue weighted by atomic mass is 32.2. The average Bonchev–Trinajstić information content (AvgIpc) is 2.84. The molecule has 0 aromatic heterocycles. The van der Waals surface area contributed by atoms with E-state index in [1.807, 2.05) is 31.2 Å². The van der Waals surface area contributed by atoms with Crippen LogP contribution in [-0.2, 0) is 10.0 Å². The minimum Gasteiger partial charge on any atom is -0.495 e. The van der Waals surface area contributed by atoms with E-state index in [0.29, 0.717) is 37.4 Å². The Balaban J connectivity index is 1.43. The molecule has 1 heterocycles. The molecule has 1 aliphatic rings. The van der Waals surface area contributed by atoms with Crippen molar-refractivity contribution in [3.05, 3.63) is 83.9 Å². The number of nitrogens with one attached hydrogen (secondary N) is 1. The molecular weight excluding hydrogens is 438 g/mol. The summed E-state index contributed by atoms with van der Waals surface area (Å²) in [6.45, 7) is 4.40. The number of para-hydroxylation sites is 2. The zero-order chi connectivity index (χ0) is 23.4. The molecule has 172 valence electrons. The quantitative estimate of drug-likeness (QED) is 0.600. The second-order valence-corrected chi connectivity index (χ2v) is 9.63. The van der Waals surface area contributed by atoms with E-state index in [-0.39, 0.29) is 10.8 Å². The number of sulfonamides is 1. The van der Waals surface area contributed by atoms with Crippen LogP contribution in [0.3, 0.4) is 0 Å². The van der Waals surface area contributed by atoms with Gasteiger partial charge in [-0.05, 0) is 49.4 Å². The van der Waals surface area contributed by atoms with Crippen LogP contribution < -0.4 is 14.4 Å². The number of anilines is 2. The lowest BCUT2D eigenvalue weighted by molar-refractivity contribution is 0.0746. The third-order valence-corrected chi connectivity index (χ3v) is 7.08. The number of hydrogen-bond acceptors (Lipinski definition) is 5. The third kappa shape index (κ3) is 5.12. The van der Waals surface area contributed by atoms with Crippen molar-refractivity contribution in [1.29, 1.82) is 0 Å². The molecular formula is C25H27N3O4S. The Kier molecular flexibility index (Phi) is 6.55. The van der Waals surface area contributed by atoms with Crippen molar-refractivity contribution in [2.45, 2.75) is 11.8 Å². The molecule has 7 nitrogen and oxygen atoms in total.